The first-order valence-electron chi connectivity index (χ1n) is 8.60. The molecule has 1 fully saturated rings. The predicted molar refractivity (Wildman–Crippen MR) is 100 cm³/mol. The van der Waals surface area contributed by atoms with Crippen molar-refractivity contribution in [2.24, 2.45) is 5.41 Å². The Morgan fingerprint density at radius 2 is 1.91 bits per heavy atom. The van der Waals surface area contributed by atoms with Gasteiger partial charge in [0.05, 0.1) is 0 Å². The van der Waals surface area contributed by atoms with E-state index in [9.17, 15) is 4.79 Å². The highest BCUT2D eigenvalue weighted by molar-refractivity contribution is 8.77. The highest BCUT2D eigenvalue weighted by Crippen LogP contribution is 2.49. The van der Waals surface area contributed by atoms with Gasteiger partial charge in [-0.15, -0.1) is 0 Å². The van der Waals surface area contributed by atoms with Crippen LogP contribution in [-0.4, -0.2) is 22.1 Å². The number of hydrogen-bond donors (Lipinski definition) is 0. The van der Waals surface area contributed by atoms with E-state index in [0.29, 0.717) is 11.2 Å². The standard InChI is InChI=1S/C18H34O2S2/c1-7-16(2,3)14-17(4,5)20-15(19)10-8-9-11-18(6)12-13-21-22-18/h7-14H2,1-6H3. The Morgan fingerprint density at radius 1 is 1.23 bits per heavy atom. The lowest BCUT2D eigenvalue weighted by atomic mass is 9.80. The molecule has 0 amide bonds. The second-order valence-corrected chi connectivity index (χ2v) is 11.2. The molecule has 0 saturated carbocycles. The van der Waals surface area contributed by atoms with Gasteiger partial charge in [-0.3, -0.25) is 4.79 Å². The lowest BCUT2D eigenvalue weighted by molar-refractivity contribution is -0.159. The second kappa shape index (κ2) is 8.32. The van der Waals surface area contributed by atoms with Gasteiger partial charge in [0.1, 0.15) is 5.60 Å². The van der Waals surface area contributed by atoms with Crippen molar-refractivity contribution in [3.8, 4) is 0 Å². The molecule has 0 spiro atoms. The van der Waals surface area contributed by atoms with Crippen molar-refractivity contribution in [3.63, 3.8) is 0 Å². The number of ether oxygens (including phenoxy) is 1. The maximum absolute atomic E-state index is 12.1. The molecule has 4 heteroatoms. The maximum atomic E-state index is 12.1. The van der Waals surface area contributed by atoms with Crippen LogP contribution in [-0.2, 0) is 9.53 Å². The van der Waals surface area contributed by atoms with Crippen molar-refractivity contribution >= 4 is 27.6 Å². The fourth-order valence-electron chi connectivity index (χ4n) is 3.09. The summed E-state index contributed by atoms with van der Waals surface area (Å²) in [7, 11) is 4.01. The average Bonchev–Trinajstić information content (AvgIpc) is 2.80. The van der Waals surface area contributed by atoms with Crippen LogP contribution in [0.3, 0.4) is 0 Å². The zero-order valence-corrected chi connectivity index (χ0v) is 16.9. The third-order valence-electron chi connectivity index (χ3n) is 4.56. The maximum Gasteiger partial charge on any atom is 0.306 e. The molecule has 1 rings (SSSR count). The van der Waals surface area contributed by atoms with Crippen molar-refractivity contribution in [1.29, 1.82) is 0 Å². The Bertz CT molecular complexity index is 358. The Hall–Kier alpha value is 0.170. The summed E-state index contributed by atoms with van der Waals surface area (Å²) in [6.07, 6.45) is 7.16. The lowest BCUT2D eigenvalue weighted by Crippen LogP contribution is -2.33. The molecule has 2 nitrogen and oxygen atoms in total. The van der Waals surface area contributed by atoms with Crippen molar-refractivity contribution < 1.29 is 9.53 Å². The van der Waals surface area contributed by atoms with Gasteiger partial charge in [-0.25, -0.2) is 0 Å². The lowest BCUT2D eigenvalue weighted by Gasteiger charge is -2.34. The molecule has 0 aliphatic carbocycles. The minimum absolute atomic E-state index is 0.0319. The summed E-state index contributed by atoms with van der Waals surface area (Å²) < 4.78 is 6.15. The van der Waals surface area contributed by atoms with E-state index >= 15 is 0 Å². The molecule has 1 unspecified atom stereocenters. The van der Waals surface area contributed by atoms with Crippen LogP contribution in [0.5, 0.6) is 0 Å². The fourth-order valence-corrected chi connectivity index (χ4v) is 6.39. The normalized spacial score (nSPS) is 22.8. The van der Waals surface area contributed by atoms with Crippen LogP contribution in [0.1, 0.15) is 86.5 Å². The first kappa shape index (κ1) is 20.2. The largest absolute Gasteiger partial charge is 0.460 e. The van der Waals surface area contributed by atoms with E-state index in [0.717, 1.165) is 25.7 Å². The molecule has 130 valence electrons. The molecular formula is C18H34O2S2. The molecule has 22 heavy (non-hydrogen) atoms. The van der Waals surface area contributed by atoms with Crippen molar-refractivity contribution in [3.05, 3.63) is 0 Å². The van der Waals surface area contributed by atoms with E-state index in [4.69, 9.17) is 4.74 Å². The smallest absolute Gasteiger partial charge is 0.306 e. The van der Waals surface area contributed by atoms with Crippen LogP contribution in [0.4, 0.5) is 0 Å². The summed E-state index contributed by atoms with van der Waals surface area (Å²) in [6, 6.07) is 0. The summed E-state index contributed by atoms with van der Waals surface area (Å²) >= 11 is 0. The van der Waals surface area contributed by atoms with Crippen LogP contribution < -0.4 is 0 Å². The van der Waals surface area contributed by atoms with Crippen LogP contribution >= 0.6 is 21.6 Å². The minimum Gasteiger partial charge on any atom is -0.460 e. The number of carbonyl (C=O) groups excluding carboxylic acids is 1. The summed E-state index contributed by atoms with van der Waals surface area (Å²) in [5.41, 5.74) is -0.143. The molecular weight excluding hydrogens is 312 g/mol. The molecule has 0 aromatic heterocycles. The molecule has 1 aliphatic rings. The Labute approximate surface area is 145 Å². The summed E-state index contributed by atoms with van der Waals surface area (Å²) in [5, 5.41) is 0. The zero-order chi connectivity index (χ0) is 16.9. The highest BCUT2D eigenvalue weighted by Gasteiger charge is 2.31. The van der Waals surface area contributed by atoms with Gasteiger partial charge in [-0.1, -0.05) is 55.2 Å². The first-order chi connectivity index (χ1) is 10.1. The van der Waals surface area contributed by atoms with Crippen molar-refractivity contribution in [2.45, 2.75) is 96.8 Å². The van der Waals surface area contributed by atoms with Crippen LogP contribution in [0.15, 0.2) is 0 Å². The van der Waals surface area contributed by atoms with E-state index < -0.39 is 0 Å². The highest BCUT2D eigenvalue weighted by atomic mass is 33.1. The van der Waals surface area contributed by atoms with Gasteiger partial charge in [0.15, 0.2) is 0 Å². The molecule has 1 atom stereocenters. The molecule has 0 aromatic carbocycles. The SMILES string of the molecule is CCC(C)(C)CC(C)(C)OC(=O)CCCCC1(C)CCSS1. The van der Waals surface area contributed by atoms with Crippen LogP contribution in [0.2, 0.25) is 0 Å². The van der Waals surface area contributed by atoms with Gasteiger partial charge in [0, 0.05) is 16.9 Å². The predicted octanol–water partition coefficient (Wildman–Crippen LogP) is 6.24. The molecule has 0 N–H and O–H groups in total. The molecule has 1 saturated heterocycles. The topological polar surface area (TPSA) is 26.3 Å². The van der Waals surface area contributed by atoms with E-state index in [1.807, 2.05) is 35.4 Å². The number of rotatable bonds is 9. The number of unbranched alkanes of at least 4 members (excludes halogenated alkanes) is 1. The van der Waals surface area contributed by atoms with Gasteiger partial charge in [-0.05, 0) is 51.9 Å². The van der Waals surface area contributed by atoms with E-state index in [2.05, 4.69) is 27.7 Å². The van der Waals surface area contributed by atoms with Gasteiger partial charge < -0.3 is 4.74 Å². The fraction of sp³-hybridized carbons (Fsp3) is 0.944. The quantitative estimate of drug-likeness (QED) is 0.280. The third kappa shape index (κ3) is 7.63. The van der Waals surface area contributed by atoms with Crippen molar-refractivity contribution in [1.82, 2.24) is 0 Å². The van der Waals surface area contributed by atoms with E-state index in [-0.39, 0.29) is 17.0 Å². The number of carbonyl (C=O) groups is 1. The monoisotopic (exact) mass is 346 g/mol. The molecule has 0 bridgehead atoms. The molecule has 0 aromatic rings. The van der Waals surface area contributed by atoms with Crippen LogP contribution in [0.25, 0.3) is 0 Å². The number of esters is 1. The van der Waals surface area contributed by atoms with Crippen molar-refractivity contribution in [2.75, 3.05) is 5.75 Å². The van der Waals surface area contributed by atoms with Gasteiger partial charge in [0.25, 0.3) is 0 Å². The van der Waals surface area contributed by atoms with Gasteiger partial charge in [-0.2, -0.15) is 0 Å². The first-order valence-corrected chi connectivity index (χ1v) is 10.9. The molecule has 1 aliphatic heterocycles. The van der Waals surface area contributed by atoms with E-state index in [1.54, 1.807) is 0 Å². The summed E-state index contributed by atoms with van der Waals surface area (Å²) in [5.74, 6) is 1.24. The Morgan fingerprint density at radius 3 is 2.45 bits per heavy atom. The Balaban J connectivity index is 2.24. The van der Waals surface area contributed by atoms with E-state index in [1.165, 1.54) is 18.6 Å². The van der Waals surface area contributed by atoms with Gasteiger partial charge >= 0.3 is 5.97 Å². The average molecular weight is 347 g/mol. The Kier molecular flexibility index (Phi) is 7.65. The van der Waals surface area contributed by atoms with Crippen LogP contribution in [0, 0.1) is 5.41 Å². The molecule has 1 heterocycles. The minimum atomic E-state index is -0.361. The second-order valence-electron chi connectivity index (χ2n) is 8.24. The number of hydrogen-bond acceptors (Lipinski definition) is 4. The summed E-state index contributed by atoms with van der Waals surface area (Å²) in [4.78, 5) is 12.1. The molecule has 0 radical (unpaired) electrons. The third-order valence-corrected chi connectivity index (χ3v) is 7.92. The van der Waals surface area contributed by atoms with Gasteiger partial charge in [0.2, 0.25) is 0 Å². The summed E-state index contributed by atoms with van der Waals surface area (Å²) in [6.45, 7) is 13.1. The zero-order valence-electron chi connectivity index (χ0n) is 15.3.